The van der Waals surface area contributed by atoms with Crippen LogP contribution in [0.2, 0.25) is 5.02 Å². The number of aromatic hydroxyl groups is 1. The van der Waals surface area contributed by atoms with Crippen molar-refractivity contribution in [1.29, 1.82) is 0 Å². The van der Waals surface area contributed by atoms with Gasteiger partial charge in [0.2, 0.25) is 23.6 Å². The molecule has 8 heteroatoms. The smallest absolute Gasteiger partial charge is 0.246 e. The second kappa shape index (κ2) is 11.4. The van der Waals surface area contributed by atoms with E-state index in [4.69, 9.17) is 11.6 Å². The van der Waals surface area contributed by atoms with Crippen LogP contribution in [-0.2, 0) is 24.6 Å². The summed E-state index contributed by atoms with van der Waals surface area (Å²) in [6, 6.07) is 28.5. The van der Waals surface area contributed by atoms with E-state index in [9.17, 15) is 19.5 Å². The predicted octanol–water partition coefficient (Wildman–Crippen LogP) is 7.36. The molecule has 4 amide bonds. The number of carbonyl (C=O) groups is 4. The van der Waals surface area contributed by atoms with Gasteiger partial charge in [0.1, 0.15) is 5.75 Å². The normalized spacial score (nSPS) is 27.5. The molecular weight excluding hydrogens is 636 g/mol. The summed E-state index contributed by atoms with van der Waals surface area (Å²) in [4.78, 5) is 61.1. The highest BCUT2D eigenvalue weighted by Gasteiger charge is 2.70. The second-order valence-corrected chi connectivity index (χ2v) is 13.9. The Morgan fingerprint density at radius 2 is 1.55 bits per heavy atom. The molecule has 7 nitrogen and oxygen atoms in total. The maximum atomic E-state index is 15.3. The first-order valence-corrected chi connectivity index (χ1v) is 16.8. The first kappa shape index (κ1) is 31.0. The standard InChI is InChI=1S/C41H33ClN2O5/c1-3-24-15-17-27(18-16-24)43-37(46)30-20-19-29-32(34(30)39(43)48)22-33-38(47)44(28-13-8-12-26(42)21-28)40(49)41(33,25-10-5-4-6-11-25)35(29)31-14-7-9-23(2)36(31)45/h3-19,21,30,32-35,45H,1,20,22H2,2H3. The number of halogens is 1. The summed E-state index contributed by atoms with van der Waals surface area (Å²) < 4.78 is 0. The van der Waals surface area contributed by atoms with Crippen molar-refractivity contribution in [1.82, 2.24) is 0 Å². The molecule has 2 aliphatic carbocycles. The number of phenolic OH excluding ortho intramolecular Hbond substituents is 1. The summed E-state index contributed by atoms with van der Waals surface area (Å²) in [7, 11) is 0. The Morgan fingerprint density at radius 3 is 2.27 bits per heavy atom. The summed E-state index contributed by atoms with van der Waals surface area (Å²) >= 11 is 6.39. The molecule has 0 spiro atoms. The predicted molar refractivity (Wildman–Crippen MR) is 188 cm³/mol. The van der Waals surface area contributed by atoms with E-state index in [2.05, 4.69) is 6.58 Å². The van der Waals surface area contributed by atoms with Crippen molar-refractivity contribution in [3.8, 4) is 5.75 Å². The molecule has 0 bridgehead atoms. The number of hydrogen-bond acceptors (Lipinski definition) is 5. The fourth-order valence-electron chi connectivity index (χ4n) is 9.02. The highest BCUT2D eigenvalue weighted by molar-refractivity contribution is 6.32. The van der Waals surface area contributed by atoms with Gasteiger partial charge in [0.25, 0.3) is 0 Å². The number of nitrogens with zero attached hydrogens (tertiary/aromatic N) is 2. The van der Waals surface area contributed by atoms with Crippen molar-refractivity contribution in [2.75, 3.05) is 9.80 Å². The van der Waals surface area contributed by atoms with E-state index >= 15 is 4.79 Å². The number of anilines is 2. The molecule has 2 aliphatic heterocycles. The van der Waals surface area contributed by atoms with Gasteiger partial charge in [-0.2, -0.15) is 0 Å². The lowest BCUT2D eigenvalue weighted by Crippen LogP contribution is -2.53. The minimum Gasteiger partial charge on any atom is -0.507 e. The number of allylic oxidation sites excluding steroid dienone is 2. The topological polar surface area (TPSA) is 95.0 Å². The zero-order valence-electron chi connectivity index (χ0n) is 26.8. The molecule has 0 radical (unpaired) electrons. The Morgan fingerprint density at radius 1 is 0.816 bits per heavy atom. The van der Waals surface area contributed by atoms with Crippen molar-refractivity contribution < 1.29 is 24.3 Å². The van der Waals surface area contributed by atoms with Gasteiger partial charge in [-0.25, -0.2) is 4.90 Å². The molecule has 3 fully saturated rings. The van der Waals surface area contributed by atoms with E-state index in [1.807, 2.05) is 54.6 Å². The second-order valence-electron chi connectivity index (χ2n) is 13.4. The highest BCUT2D eigenvalue weighted by Crippen LogP contribution is 2.65. The molecule has 2 heterocycles. The summed E-state index contributed by atoms with van der Waals surface area (Å²) in [5.74, 6) is -4.98. The molecule has 8 rings (SSSR count). The third-order valence-electron chi connectivity index (χ3n) is 11.1. The average Bonchev–Trinajstić information content (AvgIpc) is 3.50. The molecule has 1 saturated carbocycles. The Kier molecular flexibility index (Phi) is 7.23. The van der Waals surface area contributed by atoms with Crippen LogP contribution >= 0.6 is 11.6 Å². The molecule has 6 unspecified atom stereocenters. The largest absolute Gasteiger partial charge is 0.507 e. The van der Waals surface area contributed by atoms with Gasteiger partial charge in [-0.05, 0) is 72.7 Å². The Hall–Kier alpha value is -5.27. The van der Waals surface area contributed by atoms with Crippen LogP contribution in [-0.4, -0.2) is 28.7 Å². The third kappa shape index (κ3) is 4.34. The Balaban J connectivity index is 1.35. The summed E-state index contributed by atoms with van der Waals surface area (Å²) in [5, 5.41) is 12.1. The van der Waals surface area contributed by atoms with Crippen LogP contribution in [0.25, 0.3) is 6.08 Å². The van der Waals surface area contributed by atoms with Gasteiger partial charge < -0.3 is 5.11 Å². The Labute approximate surface area is 289 Å². The molecule has 0 aromatic heterocycles. The van der Waals surface area contributed by atoms with Crippen LogP contribution in [0.5, 0.6) is 5.75 Å². The molecule has 1 N–H and O–H groups in total. The fraction of sp³-hybridized carbons (Fsp3) is 0.220. The first-order valence-electron chi connectivity index (χ1n) is 16.5. The summed E-state index contributed by atoms with van der Waals surface area (Å²) in [6.45, 7) is 5.59. The van der Waals surface area contributed by atoms with Gasteiger partial charge in [0.15, 0.2) is 0 Å². The van der Waals surface area contributed by atoms with Gasteiger partial charge in [0, 0.05) is 16.5 Å². The number of hydrogen-bond donors (Lipinski definition) is 1. The molecule has 49 heavy (non-hydrogen) atoms. The minimum absolute atomic E-state index is 0.0319. The van der Waals surface area contributed by atoms with Crippen molar-refractivity contribution in [2.24, 2.45) is 23.7 Å². The number of para-hydroxylation sites is 1. The van der Waals surface area contributed by atoms with E-state index in [0.29, 0.717) is 39.5 Å². The van der Waals surface area contributed by atoms with Crippen molar-refractivity contribution >= 4 is 52.7 Å². The van der Waals surface area contributed by atoms with E-state index < -0.39 is 46.8 Å². The molecular formula is C41H33ClN2O5. The van der Waals surface area contributed by atoms with E-state index in [0.717, 1.165) is 11.1 Å². The molecule has 244 valence electrons. The lowest BCUT2D eigenvalue weighted by atomic mass is 9.49. The summed E-state index contributed by atoms with van der Waals surface area (Å²) in [6.07, 6.45) is 4.16. The number of carbonyl (C=O) groups excluding carboxylic acids is 4. The van der Waals surface area contributed by atoms with Crippen LogP contribution in [0.15, 0.2) is 115 Å². The zero-order valence-corrected chi connectivity index (χ0v) is 27.5. The number of benzene rings is 4. The maximum absolute atomic E-state index is 15.3. The van der Waals surface area contributed by atoms with Gasteiger partial charge in [0.05, 0.1) is 34.5 Å². The van der Waals surface area contributed by atoms with E-state index in [1.54, 1.807) is 61.5 Å². The highest BCUT2D eigenvalue weighted by atomic mass is 35.5. The van der Waals surface area contributed by atoms with Gasteiger partial charge in [-0.3, -0.25) is 24.1 Å². The molecule has 4 aliphatic rings. The number of fused-ring (bicyclic) bond motifs is 4. The lowest BCUT2D eigenvalue weighted by molar-refractivity contribution is -0.127. The maximum Gasteiger partial charge on any atom is 0.246 e. The van der Waals surface area contributed by atoms with Crippen molar-refractivity contribution in [3.05, 3.63) is 143 Å². The molecule has 2 saturated heterocycles. The molecule has 4 aromatic rings. The SMILES string of the molecule is C=Cc1ccc(N2C(=O)C3CC=C4C(CC5C(=O)N(c6cccc(Cl)c6)C(=O)C5(c5ccccc5)C4c4cccc(C)c4O)C3C2=O)cc1. The molecule has 6 atom stereocenters. The van der Waals surface area contributed by atoms with Crippen molar-refractivity contribution in [3.63, 3.8) is 0 Å². The number of amides is 4. The Bertz CT molecular complexity index is 2110. The van der Waals surface area contributed by atoms with Crippen LogP contribution in [0.4, 0.5) is 11.4 Å². The fourth-order valence-corrected chi connectivity index (χ4v) is 9.20. The van der Waals surface area contributed by atoms with Crippen LogP contribution in [0, 0.1) is 30.6 Å². The van der Waals surface area contributed by atoms with Crippen LogP contribution < -0.4 is 9.80 Å². The quantitative estimate of drug-likeness (QED) is 0.177. The first-order chi connectivity index (χ1) is 23.7. The van der Waals surface area contributed by atoms with Gasteiger partial charge in [-0.1, -0.05) is 103 Å². The third-order valence-corrected chi connectivity index (χ3v) is 11.4. The zero-order chi connectivity index (χ0) is 34.2. The van der Waals surface area contributed by atoms with Gasteiger partial charge >= 0.3 is 0 Å². The number of aryl methyl sites for hydroxylation is 1. The van der Waals surface area contributed by atoms with E-state index in [1.165, 1.54) is 9.80 Å². The average molecular weight is 669 g/mol. The lowest BCUT2D eigenvalue weighted by Gasteiger charge is -2.50. The summed E-state index contributed by atoms with van der Waals surface area (Å²) in [5.41, 5.74) is 2.82. The molecule has 4 aromatic carbocycles. The van der Waals surface area contributed by atoms with Crippen LogP contribution in [0.3, 0.4) is 0 Å². The van der Waals surface area contributed by atoms with E-state index in [-0.39, 0.29) is 24.0 Å². The number of imide groups is 2. The van der Waals surface area contributed by atoms with Gasteiger partial charge in [-0.15, -0.1) is 0 Å². The minimum atomic E-state index is -1.45. The number of rotatable bonds is 5. The van der Waals surface area contributed by atoms with Crippen molar-refractivity contribution in [2.45, 2.75) is 31.1 Å². The van der Waals surface area contributed by atoms with Crippen LogP contribution in [0.1, 0.15) is 41.0 Å². The number of phenols is 1. The monoisotopic (exact) mass is 668 g/mol.